The molecule has 4 rings (SSSR count). The van der Waals surface area contributed by atoms with Gasteiger partial charge >= 0.3 is 0 Å². The zero-order valence-corrected chi connectivity index (χ0v) is 18.5. The molecule has 1 N–H and O–H groups in total. The number of likely N-dealkylation sites (tertiary alicyclic amines) is 1. The molecule has 2 saturated heterocycles. The molecular weight excluding hydrogens is 402 g/mol. The van der Waals surface area contributed by atoms with Gasteiger partial charge < -0.3 is 19.8 Å². The number of carbonyl (C=O) groups excluding carboxylic acids is 3. The molecule has 5 atom stereocenters. The molecule has 0 bridgehead atoms. The van der Waals surface area contributed by atoms with Crippen LogP contribution in [0.25, 0.3) is 0 Å². The number of hydrogen-bond donors (Lipinski definition) is 1. The van der Waals surface area contributed by atoms with Crippen LogP contribution < -0.4 is 0 Å². The van der Waals surface area contributed by atoms with E-state index in [0.717, 1.165) is 12.8 Å². The van der Waals surface area contributed by atoms with Crippen LogP contribution in [0.3, 0.4) is 0 Å². The molecule has 164 valence electrons. The van der Waals surface area contributed by atoms with Crippen molar-refractivity contribution in [3.05, 3.63) is 24.3 Å². The van der Waals surface area contributed by atoms with E-state index < -0.39 is 22.6 Å². The predicted octanol–water partition coefficient (Wildman–Crippen LogP) is 0.893. The van der Waals surface area contributed by atoms with E-state index >= 15 is 0 Å². The van der Waals surface area contributed by atoms with Crippen LogP contribution in [0.5, 0.6) is 0 Å². The monoisotopic (exact) mass is 433 g/mol. The molecule has 0 saturated carbocycles. The highest BCUT2D eigenvalue weighted by atomic mass is 32.2. The van der Waals surface area contributed by atoms with Gasteiger partial charge in [-0.25, -0.2) is 0 Å². The SMILES string of the molecule is CCCCN1CC=C[C@]23S[C@@H]4C=CCN(C)C(=O)[C@@H]4[C@H]2C(=O)N(CCCO)C3C1=O. The van der Waals surface area contributed by atoms with Gasteiger partial charge in [-0.1, -0.05) is 37.6 Å². The molecule has 3 amide bonds. The van der Waals surface area contributed by atoms with Crippen molar-refractivity contribution in [1.29, 1.82) is 0 Å². The van der Waals surface area contributed by atoms with Gasteiger partial charge in [-0.3, -0.25) is 14.4 Å². The summed E-state index contributed by atoms with van der Waals surface area (Å²) in [6.45, 7) is 4.12. The lowest BCUT2D eigenvalue weighted by Crippen LogP contribution is -2.53. The number of amides is 3. The van der Waals surface area contributed by atoms with Gasteiger partial charge in [-0.05, 0) is 12.8 Å². The van der Waals surface area contributed by atoms with E-state index in [9.17, 15) is 19.5 Å². The van der Waals surface area contributed by atoms with Crippen molar-refractivity contribution in [3.63, 3.8) is 0 Å². The van der Waals surface area contributed by atoms with E-state index in [1.54, 1.807) is 28.6 Å². The van der Waals surface area contributed by atoms with Crippen molar-refractivity contribution in [2.24, 2.45) is 11.8 Å². The Hall–Kier alpha value is -1.80. The molecule has 0 aromatic carbocycles. The number of aliphatic hydroxyl groups excluding tert-OH is 1. The average molecular weight is 434 g/mol. The fourth-order valence-electron chi connectivity index (χ4n) is 5.34. The number of thioether (sulfide) groups is 1. The van der Waals surface area contributed by atoms with Crippen molar-refractivity contribution in [3.8, 4) is 0 Å². The lowest BCUT2D eigenvalue weighted by atomic mass is 9.78. The lowest BCUT2D eigenvalue weighted by molar-refractivity contribution is -0.144. The first kappa shape index (κ1) is 21.4. The summed E-state index contributed by atoms with van der Waals surface area (Å²) in [5.41, 5.74) is 0. The Morgan fingerprint density at radius 1 is 1.10 bits per heavy atom. The molecule has 1 unspecified atom stereocenters. The number of carbonyl (C=O) groups is 3. The Bertz CT molecular complexity index is 784. The molecule has 4 aliphatic rings. The maximum atomic E-state index is 13.7. The van der Waals surface area contributed by atoms with Crippen molar-refractivity contribution < 1.29 is 19.5 Å². The van der Waals surface area contributed by atoms with Crippen molar-refractivity contribution in [1.82, 2.24) is 14.7 Å². The lowest BCUT2D eigenvalue weighted by Gasteiger charge is -2.35. The molecular formula is C22H31N3O4S. The smallest absolute Gasteiger partial charge is 0.247 e. The molecule has 0 aromatic heterocycles. The minimum atomic E-state index is -0.738. The Morgan fingerprint density at radius 3 is 2.63 bits per heavy atom. The molecule has 4 heterocycles. The van der Waals surface area contributed by atoms with E-state index in [4.69, 9.17) is 0 Å². The molecule has 0 aromatic rings. The third-order valence-corrected chi connectivity index (χ3v) is 8.53. The molecule has 1 spiro atoms. The van der Waals surface area contributed by atoms with Crippen molar-refractivity contribution in [2.75, 3.05) is 39.8 Å². The van der Waals surface area contributed by atoms with E-state index in [0.29, 0.717) is 32.6 Å². The van der Waals surface area contributed by atoms with E-state index in [-0.39, 0.29) is 29.6 Å². The topological polar surface area (TPSA) is 81.2 Å². The summed E-state index contributed by atoms with van der Waals surface area (Å²) in [4.78, 5) is 45.8. The highest BCUT2D eigenvalue weighted by Gasteiger charge is 2.70. The molecule has 0 radical (unpaired) electrons. The third kappa shape index (κ3) is 3.19. The zero-order chi connectivity index (χ0) is 21.5. The second-order valence-electron chi connectivity index (χ2n) is 8.64. The molecule has 7 nitrogen and oxygen atoms in total. The highest BCUT2D eigenvalue weighted by Crippen LogP contribution is 2.60. The summed E-state index contributed by atoms with van der Waals surface area (Å²) in [5, 5.41) is 9.27. The third-order valence-electron chi connectivity index (χ3n) is 6.78. The van der Waals surface area contributed by atoms with Crippen LogP contribution in [0.15, 0.2) is 24.3 Å². The number of unbranched alkanes of at least 4 members (excludes halogenated alkanes) is 1. The number of likely N-dealkylation sites (N-methyl/N-ethyl adjacent to an activating group) is 1. The van der Waals surface area contributed by atoms with Crippen molar-refractivity contribution >= 4 is 29.5 Å². The van der Waals surface area contributed by atoms with Gasteiger partial charge in [0, 0.05) is 45.1 Å². The zero-order valence-electron chi connectivity index (χ0n) is 17.7. The van der Waals surface area contributed by atoms with Crippen LogP contribution in [-0.2, 0) is 14.4 Å². The number of nitrogens with zero attached hydrogens (tertiary/aromatic N) is 3. The molecule has 8 heteroatoms. The van der Waals surface area contributed by atoms with Crippen molar-refractivity contribution in [2.45, 2.75) is 42.2 Å². The van der Waals surface area contributed by atoms with E-state index in [1.165, 1.54) is 0 Å². The summed E-state index contributed by atoms with van der Waals surface area (Å²) in [5.74, 6) is -1.20. The van der Waals surface area contributed by atoms with Gasteiger partial charge in [0.15, 0.2) is 0 Å². The quantitative estimate of drug-likeness (QED) is 0.630. The van der Waals surface area contributed by atoms with Crippen LogP contribution in [0.4, 0.5) is 0 Å². The largest absolute Gasteiger partial charge is 0.396 e. The summed E-state index contributed by atoms with van der Waals surface area (Å²) in [6.07, 6.45) is 10.4. The average Bonchev–Trinajstić information content (AvgIpc) is 3.05. The maximum absolute atomic E-state index is 13.7. The number of aliphatic hydroxyl groups is 1. The van der Waals surface area contributed by atoms with Crippen LogP contribution >= 0.6 is 11.8 Å². The Kier molecular flexibility index (Phi) is 5.99. The molecule has 2 fully saturated rings. The first-order valence-corrected chi connectivity index (χ1v) is 11.8. The van der Waals surface area contributed by atoms with Gasteiger partial charge in [0.2, 0.25) is 17.7 Å². The number of fused-ring (bicyclic) bond motifs is 2. The second-order valence-corrected chi connectivity index (χ2v) is 10.1. The normalized spacial score (nSPS) is 35.4. The summed E-state index contributed by atoms with van der Waals surface area (Å²) >= 11 is 1.61. The fraction of sp³-hybridized carbons (Fsp3) is 0.682. The molecule has 4 aliphatic heterocycles. The fourth-order valence-corrected chi connectivity index (χ4v) is 7.35. The van der Waals surface area contributed by atoms with Crippen LogP contribution in [0, 0.1) is 11.8 Å². The minimum absolute atomic E-state index is 0.0246. The Balaban J connectivity index is 1.78. The highest BCUT2D eigenvalue weighted by molar-refractivity contribution is 8.02. The van der Waals surface area contributed by atoms with Gasteiger partial charge in [0.1, 0.15) is 6.04 Å². The standard InChI is InChI=1S/C22H31N3O4S/c1-3-4-11-24-12-6-9-22-17(16-15(30-22)8-5-10-23(2)19(16)27)20(28)25(13-7-14-26)18(22)21(24)29/h5-6,8-9,15-18,26H,3-4,7,10-14H2,1-2H3/t15-,16+,17+,18?,22+/m1/s1. The van der Waals surface area contributed by atoms with E-state index in [2.05, 4.69) is 6.92 Å². The summed E-state index contributed by atoms with van der Waals surface area (Å²) in [6, 6.07) is -0.624. The van der Waals surface area contributed by atoms with Crippen LogP contribution in [0.1, 0.15) is 26.2 Å². The van der Waals surface area contributed by atoms with Crippen LogP contribution in [0.2, 0.25) is 0 Å². The first-order chi connectivity index (χ1) is 14.5. The summed E-state index contributed by atoms with van der Waals surface area (Å²) in [7, 11) is 1.77. The second kappa shape index (κ2) is 8.38. The van der Waals surface area contributed by atoms with Crippen LogP contribution in [-0.4, -0.2) is 93.4 Å². The first-order valence-electron chi connectivity index (χ1n) is 10.9. The maximum Gasteiger partial charge on any atom is 0.247 e. The van der Waals surface area contributed by atoms with E-state index in [1.807, 2.05) is 29.2 Å². The number of hydrogen-bond acceptors (Lipinski definition) is 5. The van der Waals surface area contributed by atoms with Gasteiger partial charge in [0.05, 0.1) is 16.6 Å². The Morgan fingerprint density at radius 2 is 1.90 bits per heavy atom. The van der Waals surface area contributed by atoms with Gasteiger partial charge in [0.25, 0.3) is 0 Å². The predicted molar refractivity (Wildman–Crippen MR) is 116 cm³/mol. The van der Waals surface area contributed by atoms with Gasteiger partial charge in [-0.2, -0.15) is 0 Å². The number of rotatable bonds is 6. The summed E-state index contributed by atoms with van der Waals surface area (Å²) < 4.78 is -0.738. The molecule has 30 heavy (non-hydrogen) atoms. The Labute approximate surface area is 182 Å². The molecule has 0 aliphatic carbocycles. The minimum Gasteiger partial charge on any atom is -0.396 e. The van der Waals surface area contributed by atoms with Gasteiger partial charge in [-0.15, -0.1) is 11.8 Å².